The van der Waals surface area contributed by atoms with Crippen molar-refractivity contribution in [3.05, 3.63) is 0 Å². The Hall–Kier alpha value is -0.160. The van der Waals surface area contributed by atoms with Crippen LogP contribution in [-0.2, 0) is 25.3 Å². The standard InChI is InChI=1S/6FH.H3N.Nb.3O/h6*1H;1H3;;;;/q;;;;;;;;;;-1/p+1. The summed E-state index contributed by atoms with van der Waals surface area (Å²) in [6, 6.07) is 0. The number of hydrogen-bond donors (Lipinski definition) is 1. The first kappa shape index (κ1) is 130. The van der Waals surface area contributed by atoms with Gasteiger partial charge >= 0.3 is 28.9 Å². The van der Waals surface area contributed by atoms with Gasteiger partial charge in [-0.3, -0.25) is 28.2 Å². The molecule has 0 heterocycles. The van der Waals surface area contributed by atoms with Crippen molar-refractivity contribution in [3.63, 3.8) is 0 Å². The van der Waals surface area contributed by atoms with Gasteiger partial charge < -0.3 is 6.15 Å². The summed E-state index contributed by atoms with van der Waals surface area (Å²) in [6.07, 6.45) is 0. The molecule has 0 aliphatic heterocycles. The van der Waals surface area contributed by atoms with E-state index in [0.717, 1.165) is 0 Å². The summed E-state index contributed by atoms with van der Waals surface area (Å²) in [5, 5.41) is 0. The van der Waals surface area contributed by atoms with Crippen molar-refractivity contribution in [3.8, 4) is 0 Å². The van der Waals surface area contributed by atoms with E-state index in [9.17, 15) is 0 Å². The Bertz CT molecular complexity index is 66.2. The summed E-state index contributed by atoms with van der Waals surface area (Å²) < 4.78 is 25.8. The van der Waals surface area contributed by atoms with Gasteiger partial charge in [-0.05, 0) is 0 Å². The van der Waals surface area contributed by atoms with Crippen LogP contribution in [0, 0.1) is 0 Å². The minimum atomic E-state index is -4.20. The molecule has 4 N–H and O–H groups in total. The van der Waals surface area contributed by atoms with E-state index < -0.39 is 18.8 Å². The van der Waals surface area contributed by atoms with Crippen molar-refractivity contribution < 1.29 is 57.1 Å². The monoisotopic (exact) mass is 279 g/mol. The van der Waals surface area contributed by atoms with Gasteiger partial charge in [0.2, 0.25) is 0 Å². The zero-order chi connectivity index (χ0) is 3.58. The molecule has 0 radical (unpaired) electrons. The van der Waals surface area contributed by atoms with Crippen LogP contribution < -0.4 is 9.77 Å². The topological polar surface area (TPSA) is 93.7 Å². The van der Waals surface area contributed by atoms with Crippen LogP contribution in [-0.4, -0.2) is 0 Å². The van der Waals surface area contributed by atoms with Crippen molar-refractivity contribution in [2.24, 2.45) is 0 Å². The predicted molar refractivity (Wildman–Crippen MR) is 22.4 cm³/mol. The van der Waals surface area contributed by atoms with Gasteiger partial charge in [0.25, 0.3) is 0 Å². The Balaban J connectivity index is -0.00000000214. The fraction of sp³-hybridized carbons (Fsp3) is 0. The third-order valence-corrected chi connectivity index (χ3v) is 0. The van der Waals surface area contributed by atoms with E-state index in [1.807, 2.05) is 0 Å². The predicted octanol–water partition coefficient (Wildman–Crippen LogP) is -0.138. The summed E-state index contributed by atoms with van der Waals surface area (Å²) in [7, 11) is 0. The van der Waals surface area contributed by atoms with Crippen LogP contribution in [0.2, 0.25) is 0 Å². The van der Waals surface area contributed by atoms with Crippen molar-refractivity contribution in [1.29, 1.82) is 0 Å². The summed E-state index contributed by atoms with van der Waals surface area (Å²) >= 11 is -4.20. The quantitative estimate of drug-likeness (QED) is 0.494. The van der Waals surface area contributed by atoms with E-state index in [1.165, 1.54) is 0 Å². The first-order valence-corrected chi connectivity index (χ1v) is 3.24. The zero-order valence-electron chi connectivity index (χ0n) is 5.12. The molecule has 11 heteroatoms. The summed E-state index contributed by atoms with van der Waals surface area (Å²) in [4.78, 5) is 0. The molecule has 0 rings (SSSR count). The molecule has 0 spiro atoms. The second-order valence-corrected chi connectivity index (χ2v) is 1.32. The molecule has 0 aromatic heterocycles. The Labute approximate surface area is 64.0 Å². The molecule has 4 nitrogen and oxygen atoms in total. The molecular weight excluding hydrogens is 269 g/mol. The number of quaternary nitrogens is 1. The molecule has 0 atom stereocenters. The van der Waals surface area contributed by atoms with Gasteiger partial charge in [-0.1, -0.05) is 0 Å². The second-order valence-electron chi connectivity index (χ2n) is 0.224. The van der Waals surface area contributed by atoms with Crippen LogP contribution in [0.25, 0.3) is 0 Å². The van der Waals surface area contributed by atoms with Crippen LogP contribution >= 0.6 is 0 Å². The van der Waals surface area contributed by atoms with Crippen LogP contribution in [0.1, 0.15) is 0 Å². The second kappa shape index (κ2) is 95.3. The summed E-state index contributed by atoms with van der Waals surface area (Å²) in [5.41, 5.74) is 0. The van der Waals surface area contributed by atoms with Crippen LogP contribution in [0.3, 0.4) is 0 Å². The molecule has 0 bridgehead atoms. The third kappa shape index (κ3) is 23700. The average molecular weight is 279 g/mol. The molecule has 0 aromatic rings. The molecular formula is H10F6NNbO3. The molecule has 80 valence electrons. The Morgan fingerprint density at radius 3 is 0.727 bits per heavy atom. The van der Waals surface area contributed by atoms with Gasteiger partial charge in [-0.15, -0.1) is 0 Å². The van der Waals surface area contributed by atoms with Gasteiger partial charge in [-0.2, -0.15) is 0 Å². The van der Waals surface area contributed by atoms with Gasteiger partial charge in [0.15, 0.2) is 0 Å². The molecule has 0 aromatic carbocycles. The summed E-state index contributed by atoms with van der Waals surface area (Å²) in [6.45, 7) is 0. The fourth-order valence-corrected chi connectivity index (χ4v) is 0. The maximum absolute atomic E-state index is 8.60. The molecule has 11 heavy (non-hydrogen) atoms. The fourth-order valence-electron chi connectivity index (χ4n) is 0. The van der Waals surface area contributed by atoms with Gasteiger partial charge in [0.1, 0.15) is 0 Å². The number of halogens is 6. The normalized spacial score (nSPS) is 2.27. The molecule has 0 aliphatic carbocycles. The van der Waals surface area contributed by atoms with E-state index in [0.29, 0.717) is 0 Å². The molecule has 0 amide bonds. The summed E-state index contributed by atoms with van der Waals surface area (Å²) in [5.74, 6) is 0. The molecule has 0 saturated carbocycles. The Morgan fingerprint density at radius 1 is 0.727 bits per heavy atom. The van der Waals surface area contributed by atoms with E-state index in [2.05, 4.69) is 0 Å². The van der Waals surface area contributed by atoms with Gasteiger partial charge in [0.05, 0.1) is 0 Å². The first-order chi connectivity index (χ1) is 1.73. The zero-order valence-corrected chi connectivity index (χ0v) is 7.32. The first-order valence-electron chi connectivity index (χ1n) is 0.548. The average Bonchev–Trinajstić information content (AvgIpc) is 0.811. The molecule has 0 fully saturated rings. The van der Waals surface area contributed by atoms with Gasteiger partial charge in [0, 0.05) is 0 Å². The number of rotatable bonds is 0. The van der Waals surface area contributed by atoms with E-state index in [4.69, 9.17) is 10.1 Å². The van der Waals surface area contributed by atoms with Crippen molar-refractivity contribution in [2.75, 3.05) is 0 Å². The van der Waals surface area contributed by atoms with Crippen molar-refractivity contribution in [1.82, 2.24) is 6.15 Å². The van der Waals surface area contributed by atoms with Crippen molar-refractivity contribution >= 4 is 0 Å². The van der Waals surface area contributed by atoms with E-state index >= 15 is 0 Å². The minimum absolute atomic E-state index is 0. The molecule has 0 unspecified atom stereocenters. The van der Waals surface area contributed by atoms with E-state index in [1.54, 1.807) is 0 Å². The third-order valence-electron chi connectivity index (χ3n) is 0. The number of hydrogen-bond acceptors (Lipinski definition) is 3. The molecule has 0 saturated heterocycles. The van der Waals surface area contributed by atoms with Gasteiger partial charge in [-0.25, -0.2) is 0 Å². The van der Waals surface area contributed by atoms with Crippen molar-refractivity contribution in [2.45, 2.75) is 0 Å². The Kier molecular flexibility index (Phi) is 1130. The maximum atomic E-state index is 8.60. The SMILES string of the molecule is F.F.F.F.F.F.[NH4+].[O]=[Nb](=[O])[O-]. The molecule has 0 aliphatic rings. The van der Waals surface area contributed by atoms with E-state index in [-0.39, 0.29) is 34.4 Å². The van der Waals surface area contributed by atoms with Crippen LogP contribution in [0.4, 0.5) is 28.2 Å². The van der Waals surface area contributed by atoms with Crippen LogP contribution in [0.5, 0.6) is 0 Å². The Morgan fingerprint density at radius 2 is 0.727 bits per heavy atom. The van der Waals surface area contributed by atoms with Crippen LogP contribution in [0.15, 0.2) is 0 Å².